The van der Waals surface area contributed by atoms with Crippen molar-refractivity contribution in [3.05, 3.63) is 33.4 Å². The molecule has 1 rings (SSSR count). The lowest BCUT2D eigenvalue weighted by molar-refractivity contribution is -0.127. The first-order valence-corrected chi connectivity index (χ1v) is 7.30. The lowest BCUT2D eigenvalue weighted by atomic mass is 10.0. The largest absolute Gasteiger partial charge is 0.368 e. The van der Waals surface area contributed by atoms with Crippen molar-refractivity contribution in [3.8, 4) is 0 Å². The van der Waals surface area contributed by atoms with E-state index in [1.165, 1.54) is 0 Å². The third-order valence-corrected chi connectivity index (χ3v) is 3.71. The van der Waals surface area contributed by atoms with Gasteiger partial charge in [0, 0.05) is 16.4 Å². The molecular weight excluding hydrogens is 355 g/mol. The van der Waals surface area contributed by atoms with Crippen molar-refractivity contribution in [1.29, 1.82) is 0 Å². The molecule has 1 atom stereocenters. The maximum Gasteiger partial charge on any atom is 0.240 e. The van der Waals surface area contributed by atoms with E-state index in [0.29, 0.717) is 12.8 Å². The van der Waals surface area contributed by atoms with Crippen LogP contribution in [0.4, 0.5) is 0 Å². The number of carbonyl (C=O) groups is 2. The minimum absolute atomic E-state index is 0.135. The zero-order valence-electron chi connectivity index (χ0n) is 11.2. The molecule has 1 aromatic carbocycles. The van der Waals surface area contributed by atoms with Crippen LogP contribution in [-0.2, 0) is 16.0 Å². The molecule has 0 heterocycles. The van der Waals surface area contributed by atoms with Gasteiger partial charge in [-0.1, -0.05) is 32.0 Å². The van der Waals surface area contributed by atoms with E-state index >= 15 is 0 Å². The van der Waals surface area contributed by atoms with Gasteiger partial charge in [0.05, 0.1) is 0 Å². The average Bonchev–Trinajstić information content (AvgIpc) is 2.29. The van der Waals surface area contributed by atoms with Gasteiger partial charge in [-0.3, -0.25) is 9.59 Å². The van der Waals surface area contributed by atoms with Gasteiger partial charge in [0.25, 0.3) is 0 Å². The standard InChI is InChI=1S/C14H19IN2O2/c1-9(2)7-13(18)17-12(14(16)19)8-10-5-3-4-6-11(10)15/h3-6,9,12H,7-8H2,1-2H3,(H2,16,19)(H,17,18)/t12-/m0/s1. The molecule has 0 saturated heterocycles. The molecule has 0 aliphatic heterocycles. The summed E-state index contributed by atoms with van der Waals surface area (Å²) < 4.78 is 1.06. The van der Waals surface area contributed by atoms with Crippen LogP contribution in [0.25, 0.3) is 0 Å². The van der Waals surface area contributed by atoms with Crippen LogP contribution < -0.4 is 11.1 Å². The van der Waals surface area contributed by atoms with E-state index in [1.807, 2.05) is 38.1 Å². The monoisotopic (exact) mass is 374 g/mol. The first-order chi connectivity index (χ1) is 8.90. The number of rotatable bonds is 6. The highest BCUT2D eigenvalue weighted by Crippen LogP contribution is 2.13. The van der Waals surface area contributed by atoms with Crippen molar-refractivity contribution in [1.82, 2.24) is 5.32 Å². The van der Waals surface area contributed by atoms with E-state index in [0.717, 1.165) is 9.13 Å². The van der Waals surface area contributed by atoms with Crippen LogP contribution in [0.15, 0.2) is 24.3 Å². The van der Waals surface area contributed by atoms with E-state index in [2.05, 4.69) is 27.9 Å². The Kier molecular flexibility index (Phi) is 6.27. The highest BCUT2D eigenvalue weighted by molar-refractivity contribution is 14.1. The van der Waals surface area contributed by atoms with Crippen LogP contribution >= 0.6 is 22.6 Å². The summed E-state index contributed by atoms with van der Waals surface area (Å²) in [5, 5.41) is 2.71. The van der Waals surface area contributed by atoms with Crippen LogP contribution in [0.5, 0.6) is 0 Å². The van der Waals surface area contributed by atoms with Gasteiger partial charge >= 0.3 is 0 Å². The van der Waals surface area contributed by atoms with Gasteiger partial charge in [-0.25, -0.2) is 0 Å². The summed E-state index contributed by atoms with van der Waals surface area (Å²) in [5.41, 5.74) is 6.37. The molecule has 104 valence electrons. The number of carbonyl (C=O) groups excluding carboxylic acids is 2. The summed E-state index contributed by atoms with van der Waals surface area (Å²) in [6.07, 6.45) is 0.827. The Bertz CT molecular complexity index is 461. The van der Waals surface area contributed by atoms with Gasteiger partial charge in [0.1, 0.15) is 6.04 Å². The van der Waals surface area contributed by atoms with Gasteiger partial charge in [0.2, 0.25) is 11.8 Å². The van der Waals surface area contributed by atoms with Gasteiger partial charge in [0.15, 0.2) is 0 Å². The summed E-state index contributed by atoms with van der Waals surface area (Å²) >= 11 is 2.21. The fraction of sp³-hybridized carbons (Fsp3) is 0.429. The number of nitrogens with two attached hydrogens (primary N) is 1. The lowest BCUT2D eigenvalue weighted by Gasteiger charge is -2.17. The molecule has 0 spiro atoms. The number of hydrogen-bond donors (Lipinski definition) is 2. The zero-order valence-corrected chi connectivity index (χ0v) is 13.3. The summed E-state index contributed by atoms with van der Waals surface area (Å²) in [6.45, 7) is 3.91. The molecule has 5 heteroatoms. The van der Waals surface area contributed by atoms with Gasteiger partial charge < -0.3 is 11.1 Å². The molecule has 2 amide bonds. The van der Waals surface area contributed by atoms with Crippen molar-refractivity contribution in [2.45, 2.75) is 32.7 Å². The Hall–Kier alpha value is -1.11. The number of halogens is 1. The first-order valence-electron chi connectivity index (χ1n) is 6.22. The highest BCUT2D eigenvalue weighted by Gasteiger charge is 2.19. The topological polar surface area (TPSA) is 72.2 Å². The normalized spacial score (nSPS) is 12.2. The molecule has 0 saturated carbocycles. The second kappa shape index (κ2) is 7.47. The maximum atomic E-state index is 11.7. The van der Waals surface area contributed by atoms with Crippen LogP contribution in [0, 0.1) is 9.49 Å². The molecule has 19 heavy (non-hydrogen) atoms. The summed E-state index contributed by atoms with van der Waals surface area (Å²) in [7, 11) is 0. The summed E-state index contributed by atoms with van der Waals surface area (Å²) in [5.74, 6) is -0.383. The number of hydrogen-bond acceptors (Lipinski definition) is 2. The Labute approximate surface area is 127 Å². The molecule has 0 aliphatic rings. The van der Waals surface area contributed by atoms with Crippen LogP contribution in [0.1, 0.15) is 25.8 Å². The third-order valence-electron chi connectivity index (χ3n) is 2.65. The Balaban J connectivity index is 2.71. The van der Waals surface area contributed by atoms with Crippen molar-refractivity contribution in [3.63, 3.8) is 0 Å². The van der Waals surface area contributed by atoms with E-state index in [-0.39, 0.29) is 11.8 Å². The maximum absolute atomic E-state index is 11.7. The van der Waals surface area contributed by atoms with Crippen LogP contribution in [0.3, 0.4) is 0 Å². The van der Waals surface area contributed by atoms with E-state index in [1.54, 1.807) is 0 Å². The number of benzene rings is 1. The fourth-order valence-corrected chi connectivity index (χ4v) is 2.34. The minimum atomic E-state index is -0.651. The molecular formula is C14H19IN2O2. The molecule has 0 aliphatic carbocycles. The van der Waals surface area contributed by atoms with Gasteiger partial charge in [-0.2, -0.15) is 0 Å². The second-order valence-corrected chi connectivity index (χ2v) is 6.08. The summed E-state index contributed by atoms with van der Waals surface area (Å²) in [6, 6.07) is 7.09. The van der Waals surface area contributed by atoms with Crippen molar-refractivity contribution in [2.75, 3.05) is 0 Å². The Morgan fingerprint density at radius 2 is 1.95 bits per heavy atom. The molecule has 4 nitrogen and oxygen atoms in total. The van der Waals surface area contributed by atoms with Crippen LogP contribution in [-0.4, -0.2) is 17.9 Å². The number of nitrogens with one attached hydrogen (secondary N) is 1. The summed E-state index contributed by atoms with van der Waals surface area (Å²) in [4.78, 5) is 23.2. The van der Waals surface area contributed by atoms with Crippen molar-refractivity contribution >= 4 is 34.4 Å². The van der Waals surface area contributed by atoms with Gasteiger partial charge in [-0.15, -0.1) is 0 Å². The minimum Gasteiger partial charge on any atom is -0.368 e. The van der Waals surface area contributed by atoms with E-state index in [4.69, 9.17) is 5.73 Å². The molecule has 0 bridgehead atoms. The SMILES string of the molecule is CC(C)CC(=O)N[C@@H](Cc1ccccc1I)C(N)=O. The number of amides is 2. The van der Waals surface area contributed by atoms with E-state index in [9.17, 15) is 9.59 Å². The molecule has 1 aromatic rings. The zero-order chi connectivity index (χ0) is 14.4. The molecule has 0 fully saturated rings. The Morgan fingerprint density at radius 3 is 2.47 bits per heavy atom. The van der Waals surface area contributed by atoms with E-state index < -0.39 is 11.9 Å². The van der Waals surface area contributed by atoms with Crippen molar-refractivity contribution < 1.29 is 9.59 Å². The average molecular weight is 374 g/mol. The quantitative estimate of drug-likeness (QED) is 0.746. The van der Waals surface area contributed by atoms with Gasteiger partial charge in [-0.05, 0) is 40.1 Å². The van der Waals surface area contributed by atoms with Crippen LogP contribution in [0.2, 0.25) is 0 Å². The third kappa shape index (κ3) is 5.59. The predicted octanol–water partition coefficient (Wildman–Crippen LogP) is 1.85. The molecule has 3 N–H and O–H groups in total. The van der Waals surface area contributed by atoms with Crippen molar-refractivity contribution in [2.24, 2.45) is 11.7 Å². The molecule has 0 radical (unpaired) electrons. The highest BCUT2D eigenvalue weighted by atomic mass is 127. The number of primary amides is 1. The Morgan fingerprint density at radius 1 is 1.32 bits per heavy atom. The fourth-order valence-electron chi connectivity index (χ4n) is 1.73. The smallest absolute Gasteiger partial charge is 0.240 e. The first kappa shape index (κ1) is 15.9. The molecule has 0 unspecified atom stereocenters. The second-order valence-electron chi connectivity index (χ2n) is 4.92. The molecule has 0 aromatic heterocycles. The lowest BCUT2D eigenvalue weighted by Crippen LogP contribution is -2.46. The predicted molar refractivity (Wildman–Crippen MR) is 83.4 cm³/mol.